The molecule has 0 N–H and O–H groups in total. The van der Waals surface area contributed by atoms with E-state index in [4.69, 9.17) is 19.2 Å². The van der Waals surface area contributed by atoms with Crippen molar-refractivity contribution in [1.29, 1.82) is 0 Å². The molecule has 1 aliphatic heterocycles. The van der Waals surface area contributed by atoms with Gasteiger partial charge in [-0.15, -0.1) is 0 Å². The molecule has 4 aromatic rings. The van der Waals surface area contributed by atoms with E-state index >= 15 is 0 Å². The lowest BCUT2D eigenvalue weighted by atomic mass is 9.83. The zero-order chi connectivity index (χ0) is 28.0. The Morgan fingerprint density at radius 1 is 1.00 bits per heavy atom. The van der Waals surface area contributed by atoms with Crippen molar-refractivity contribution < 1.29 is 19.1 Å². The number of para-hydroxylation sites is 1. The number of thiazole rings is 1. The molecule has 6 rings (SSSR count). The van der Waals surface area contributed by atoms with E-state index in [9.17, 15) is 14.9 Å². The Morgan fingerprint density at radius 2 is 1.80 bits per heavy atom. The van der Waals surface area contributed by atoms with Gasteiger partial charge in [-0.05, 0) is 47.8 Å². The van der Waals surface area contributed by atoms with Crippen molar-refractivity contribution >= 4 is 28.8 Å². The molecule has 0 amide bonds. The Hall–Kier alpha value is -4.70. The number of fused-ring (bicyclic) bond motifs is 3. The lowest BCUT2D eigenvalue weighted by Crippen LogP contribution is -2.39. The van der Waals surface area contributed by atoms with Crippen molar-refractivity contribution in [2.75, 3.05) is 21.3 Å². The minimum Gasteiger partial charge on any atom is -0.493 e. The minimum atomic E-state index is -0.502. The number of rotatable bonds is 6. The Kier molecular flexibility index (Phi) is 6.47. The number of benzene rings is 3. The molecule has 0 saturated carbocycles. The molecule has 40 heavy (non-hydrogen) atoms. The zero-order valence-electron chi connectivity index (χ0n) is 22.0. The summed E-state index contributed by atoms with van der Waals surface area (Å²) in [5.41, 5.74) is 5.08. The number of nitro benzene ring substituents is 1. The number of ether oxygens (including phenoxy) is 3. The first-order chi connectivity index (χ1) is 19.4. The molecule has 0 spiro atoms. The Morgan fingerprint density at radius 3 is 2.55 bits per heavy atom. The smallest absolute Gasteiger partial charge is 0.311 e. The van der Waals surface area contributed by atoms with E-state index in [2.05, 4.69) is 12.1 Å². The van der Waals surface area contributed by atoms with E-state index in [1.807, 2.05) is 30.3 Å². The minimum absolute atomic E-state index is 0.153. The first kappa shape index (κ1) is 25.6. The summed E-state index contributed by atoms with van der Waals surface area (Å²) in [6.45, 7) is 0. The second kappa shape index (κ2) is 10.1. The Labute approximate surface area is 233 Å². The molecule has 3 aromatic carbocycles. The average molecular weight is 556 g/mol. The maximum atomic E-state index is 14.0. The number of methoxy groups -OCH3 is 3. The highest BCUT2D eigenvalue weighted by atomic mass is 32.1. The molecule has 1 aromatic heterocycles. The predicted molar refractivity (Wildman–Crippen MR) is 152 cm³/mol. The maximum absolute atomic E-state index is 14.0. The van der Waals surface area contributed by atoms with Crippen LogP contribution in [0.4, 0.5) is 5.69 Å². The molecule has 0 radical (unpaired) electrons. The van der Waals surface area contributed by atoms with Gasteiger partial charge in [0.15, 0.2) is 22.0 Å². The molecule has 0 saturated heterocycles. The van der Waals surface area contributed by atoms with E-state index in [1.165, 1.54) is 36.1 Å². The number of allylic oxidation sites excluding steroid dienone is 1. The van der Waals surface area contributed by atoms with Crippen LogP contribution >= 0.6 is 11.3 Å². The number of hydrogen-bond acceptors (Lipinski definition) is 8. The maximum Gasteiger partial charge on any atom is 0.311 e. The summed E-state index contributed by atoms with van der Waals surface area (Å²) in [5, 5.41) is 11.6. The quantitative estimate of drug-likeness (QED) is 0.260. The van der Waals surface area contributed by atoms with Crippen molar-refractivity contribution in [2.45, 2.75) is 18.9 Å². The average Bonchev–Trinajstić information content (AvgIpc) is 3.29. The van der Waals surface area contributed by atoms with Gasteiger partial charge in [0, 0.05) is 17.2 Å². The summed E-state index contributed by atoms with van der Waals surface area (Å²) in [5.74, 6) is 1.28. The molecule has 0 bridgehead atoms. The van der Waals surface area contributed by atoms with Crippen LogP contribution in [-0.4, -0.2) is 30.8 Å². The number of aromatic nitrogens is 1. The number of nitro groups is 1. The van der Waals surface area contributed by atoms with Crippen molar-refractivity contribution in [3.8, 4) is 17.2 Å². The molecular formula is C30H25N3O6S. The van der Waals surface area contributed by atoms with Crippen LogP contribution in [0.3, 0.4) is 0 Å². The predicted octanol–water partition coefficient (Wildman–Crippen LogP) is 4.25. The van der Waals surface area contributed by atoms with Crippen LogP contribution in [0, 0.1) is 10.1 Å². The van der Waals surface area contributed by atoms with Gasteiger partial charge in [-0.2, -0.15) is 0 Å². The molecular weight excluding hydrogens is 530 g/mol. The highest BCUT2D eigenvalue weighted by molar-refractivity contribution is 7.07. The third kappa shape index (κ3) is 4.08. The second-order valence-corrected chi connectivity index (χ2v) is 10.4. The summed E-state index contributed by atoms with van der Waals surface area (Å²) in [6, 6.07) is 18.0. The van der Waals surface area contributed by atoms with E-state index in [1.54, 1.807) is 30.9 Å². The number of nitrogens with zero attached hydrogens (tertiary/aromatic N) is 3. The van der Waals surface area contributed by atoms with Crippen molar-refractivity contribution in [3.05, 3.63) is 118 Å². The largest absolute Gasteiger partial charge is 0.493 e. The Bertz CT molecular complexity index is 1890. The fourth-order valence-corrected chi connectivity index (χ4v) is 6.52. The van der Waals surface area contributed by atoms with Gasteiger partial charge in [-0.3, -0.25) is 19.5 Å². The summed E-state index contributed by atoms with van der Waals surface area (Å²) in [6.07, 6.45) is 3.22. The van der Waals surface area contributed by atoms with Gasteiger partial charge in [0.1, 0.15) is 0 Å². The van der Waals surface area contributed by atoms with E-state index in [0.29, 0.717) is 26.4 Å². The molecule has 2 aliphatic rings. The molecule has 1 aliphatic carbocycles. The van der Waals surface area contributed by atoms with E-state index in [-0.39, 0.29) is 17.0 Å². The van der Waals surface area contributed by atoms with Crippen LogP contribution in [0.5, 0.6) is 17.2 Å². The van der Waals surface area contributed by atoms with Gasteiger partial charge in [-0.1, -0.05) is 53.8 Å². The van der Waals surface area contributed by atoms with Crippen LogP contribution in [-0.2, 0) is 6.42 Å². The summed E-state index contributed by atoms with van der Waals surface area (Å²) in [4.78, 5) is 30.7. The molecule has 9 nitrogen and oxygen atoms in total. The third-order valence-electron chi connectivity index (χ3n) is 7.30. The molecule has 1 unspecified atom stereocenters. The van der Waals surface area contributed by atoms with Crippen LogP contribution in [0.15, 0.2) is 76.0 Å². The zero-order valence-corrected chi connectivity index (χ0v) is 22.9. The van der Waals surface area contributed by atoms with Crippen LogP contribution < -0.4 is 29.1 Å². The van der Waals surface area contributed by atoms with Gasteiger partial charge in [0.25, 0.3) is 5.56 Å². The lowest BCUT2D eigenvalue weighted by Gasteiger charge is -2.31. The van der Waals surface area contributed by atoms with Crippen molar-refractivity contribution in [1.82, 2.24) is 4.57 Å². The van der Waals surface area contributed by atoms with Gasteiger partial charge < -0.3 is 14.2 Å². The first-order valence-corrected chi connectivity index (χ1v) is 13.4. The third-order valence-corrected chi connectivity index (χ3v) is 8.28. The van der Waals surface area contributed by atoms with Gasteiger partial charge in [0.2, 0.25) is 0 Å². The van der Waals surface area contributed by atoms with Crippen molar-refractivity contribution in [2.24, 2.45) is 4.99 Å². The van der Waals surface area contributed by atoms with Gasteiger partial charge in [-0.25, -0.2) is 4.99 Å². The standard InChI is InChI=1S/C30H25N3O6S/c1-37-23-14-11-17(15-22(23)33(35)36)16-25-29(34)32-27(21-9-6-10-24(38-2)28(21)39-3)20-13-12-18-7-4-5-8-19(18)26(20)31-30(32)40-25/h4-11,14-16,27H,12-13H2,1-3H3. The van der Waals surface area contributed by atoms with Crippen LogP contribution in [0.2, 0.25) is 0 Å². The SMILES string of the molecule is COc1ccc(C=c2sc3n(c2=O)C(c2cccc(OC)c2OC)C2=C(N=3)c3ccccc3CC2)cc1[N+](=O)[O-]. The van der Waals surface area contributed by atoms with E-state index < -0.39 is 11.0 Å². The van der Waals surface area contributed by atoms with Crippen LogP contribution in [0.1, 0.15) is 34.7 Å². The highest BCUT2D eigenvalue weighted by Crippen LogP contribution is 2.45. The number of hydrogen-bond donors (Lipinski definition) is 0. The molecule has 0 fully saturated rings. The van der Waals surface area contributed by atoms with E-state index in [0.717, 1.165) is 35.2 Å². The van der Waals surface area contributed by atoms with Gasteiger partial charge in [0.05, 0.1) is 42.5 Å². The highest BCUT2D eigenvalue weighted by Gasteiger charge is 2.34. The normalized spacial score (nSPS) is 16.0. The Balaban J connectivity index is 1.62. The molecule has 1 atom stereocenters. The summed E-state index contributed by atoms with van der Waals surface area (Å²) < 4.78 is 18.7. The number of aryl methyl sites for hydroxylation is 1. The molecule has 2 heterocycles. The summed E-state index contributed by atoms with van der Waals surface area (Å²) in [7, 11) is 4.56. The lowest BCUT2D eigenvalue weighted by molar-refractivity contribution is -0.385. The van der Waals surface area contributed by atoms with Gasteiger partial charge >= 0.3 is 5.69 Å². The first-order valence-electron chi connectivity index (χ1n) is 12.6. The monoisotopic (exact) mass is 555 g/mol. The fraction of sp³-hybridized carbons (Fsp3) is 0.200. The molecule has 10 heteroatoms. The fourth-order valence-electron chi connectivity index (χ4n) is 5.52. The topological polar surface area (TPSA) is 105 Å². The summed E-state index contributed by atoms with van der Waals surface area (Å²) >= 11 is 1.25. The van der Waals surface area contributed by atoms with Crippen LogP contribution in [0.25, 0.3) is 11.8 Å². The molecule has 202 valence electrons. The van der Waals surface area contributed by atoms with Crippen molar-refractivity contribution in [3.63, 3.8) is 0 Å². The second-order valence-electron chi connectivity index (χ2n) is 9.38.